The summed E-state index contributed by atoms with van der Waals surface area (Å²) in [4.78, 5) is 14.0. The molecular formula is C15H12Br2O2S. The number of hydrogen-bond donors (Lipinski definition) is 0. The molecule has 0 bridgehead atoms. The molecule has 0 amide bonds. The molecule has 0 fully saturated rings. The van der Waals surface area contributed by atoms with E-state index in [1.807, 2.05) is 42.5 Å². The van der Waals surface area contributed by atoms with Crippen molar-refractivity contribution in [2.75, 3.05) is 6.61 Å². The Morgan fingerprint density at radius 1 is 1.10 bits per heavy atom. The summed E-state index contributed by atoms with van der Waals surface area (Å²) in [6, 6.07) is 13.7. The Morgan fingerprint density at radius 2 is 1.75 bits per heavy atom. The molecule has 0 saturated carbocycles. The molecule has 20 heavy (non-hydrogen) atoms. The van der Waals surface area contributed by atoms with Crippen molar-refractivity contribution in [3.63, 3.8) is 0 Å². The van der Waals surface area contributed by atoms with Crippen LogP contribution in [0.4, 0.5) is 0 Å². The second-order valence-corrected chi connectivity index (χ2v) is 6.84. The van der Waals surface area contributed by atoms with Crippen LogP contribution in [0.25, 0.3) is 0 Å². The zero-order valence-electron chi connectivity index (χ0n) is 10.7. The van der Waals surface area contributed by atoms with Crippen molar-refractivity contribution in [3.05, 3.63) is 57.0 Å². The summed E-state index contributed by atoms with van der Waals surface area (Å²) in [5.74, 6) is -0.308. The highest BCUT2D eigenvalue weighted by Crippen LogP contribution is 2.31. The fraction of sp³-hybridized carbons (Fsp3) is 0.133. The van der Waals surface area contributed by atoms with Crippen LogP contribution in [0.2, 0.25) is 0 Å². The Balaban J connectivity index is 2.22. The molecule has 0 unspecified atom stereocenters. The minimum Gasteiger partial charge on any atom is -0.462 e. The molecule has 0 atom stereocenters. The van der Waals surface area contributed by atoms with Gasteiger partial charge in [-0.2, -0.15) is 0 Å². The van der Waals surface area contributed by atoms with E-state index >= 15 is 0 Å². The van der Waals surface area contributed by atoms with Crippen molar-refractivity contribution in [1.29, 1.82) is 0 Å². The largest absolute Gasteiger partial charge is 0.462 e. The van der Waals surface area contributed by atoms with Gasteiger partial charge in [0, 0.05) is 18.7 Å². The maximum absolute atomic E-state index is 11.8. The molecule has 0 aliphatic rings. The number of ether oxygens (including phenoxy) is 1. The van der Waals surface area contributed by atoms with Crippen molar-refractivity contribution in [2.24, 2.45) is 0 Å². The summed E-state index contributed by atoms with van der Waals surface area (Å²) >= 11 is 8.40. The summed E-state index contributed by atoms with van der Waals surface area (Å²) in [5, 5.41) is 0. The summed E-state index contributed by atoms with van der Waals surface area (Å²) in [6.45, 7) is 2.17. The first kappa shape index (κ1) is 15.6. The number of carbonyl (C=O) groups excluding carboxylic acids is 1. The number of esters is 1. The van der Waals surface area contributed by atoms with Crippen LogP contribution in [0.3, 0.4) is 0 Å². The standard InChI is InChI=1S/C15H12Br2O2S/c1-2-19-15(18)13-9-12(7-8-14(13)17)20-11-5-3-10(16)4-6-11/h3-9H,2H2,1H3. The summed E-state index contributed by atoms with van der Waals surface area (Å²) < 4.78 is 6.84. The minimum absolute atomic E-state index is 0.308. The van der Waals surface area contributed by atoms with Crippen molar-refractivity contribution in [1.82, 2.24) is 0 Å². The molecule has 2 aromatic rings. The third-order valence-electron chi connectivity index (χ3n) is 2.48. The van der Waals surface area contributed by atoms with Crippen molar-refractivity contribution in [2.45, 2.75) is 16.7 Å². The summed E-state index contributed by atoms with van der Waals surface area (Å²) in [5.41, 5.74) is 0.550. The van der Waals surface area contributed by atoms with Crippen LogP contribution in [0.15, 0.2) is 61.2 Å². The number of benzene rings is 2. The third kappa shape index (κ3) is 4.11. The van der Waals surface area contributed by atoms with Crippen LogP contribution in [-0.4, -0.2) is 12.6 Å². The SMILES string of the molecule is CCOC(=O)c1cc(Sc2ccc(Br)cc2)ccc1Br. The summed E-state index contributed by atoms with van der Waals surface area (Å²) in [6.07, 6.45) is 0. The van der Waals surface area contributed by atoms with E-state index in [2.05, 4.69) is 31.9 Å². The maximum atomic E-state index is 11.8. The van der Waals surface area contributed by atoms with Gasteiger partial charge in [-0.3, -0.25) is 0 Å². The quantitative estimate of drug-likeness (QED) is 0.613. The molecule has 0 heterocycles. The Labute approximate surface area is 139 Å². The van der Waals surface area contributed by atoms with Gasteiger partial charge in [0.1, 0.15) is 0 Å². The molecule has 5 heteroatoms. The molecule has 0 aromatic heterocycles. The van der Waals surface area contributed by atoms with E-state index in [-0.39, 0.29) is 5.97 Å². The van der Waals surface area contributed by atoms with Crippen molar-refractivity contribution < 1.29 is 9.53 Å². The number of halogens is 2. The van der Waals surface area contributed by atoms with Crippen LogP contribution in [-0.2, 0) is 4.74 Å². The molecule has 2 rings (SSSR count). The molecule has 104 valence electrons. The van der Waals surface area contributed by atoms with E-state index < -0.39 is 0 Å². The first-order valence-corrected chi connectivity index (χ1v) is 8.40. The molecule has 0 N–H and O–H groups in total. The van der Waals surface area contributed by atoms with Gasteiger partial charge >= 0.3 is 5.97 Å². The van der Waals surface area contributed by atoms with Gasteiger partial charge in [0.2, 0.25) is 0 Å². The molecule has 0 spiro atoms. The lowest BCUT2D eigenvalue weighted by atomic mass is 10.2. The lowest BCUT2D eigenvalue weighted by Crippen LogP contribution is -2.05. The van der Waals surface area contributed by atoms with Crippen LogP contribution < -0.4 is 0 Å². The minimum atomic E-state index is -0.308. The van der Waals surface area contributed by atoms with E-state index in [0.717, 1.165) is 18.7 Å². The first-order valence-electron chi connectivity index (χ1n) is 6.00. The van der Waals surface area contributed by atoms with Gasteiger partial charge in [-0.25, -0.2) is 4.79 Å². The molecule has 2 nitrogen and oxygen atoms in total. The Morgan fingerprint density at radius 3 is 2.40 bits per heavy atom. The predicted octanol–water partition coefficient (Wildman–Crippen LogP) is 5.54. The van der Waals surface area contributed by atoms with Crippen molar-refractivity contribution >= 4 is 49.6 Å². The highest BCUT2D eigenvalue weighted by atomic mass is 79.9. The van der Waals surface area contributed by atoms with E-state index in [4.69, 9.17) is 4.74 Å². The smallest absolute Gasteiger partial charge is 0.339 e. The predicted molar refractivity (Wildman–Crippen MR) is 88.4 cm³/mol. The topological polar surface area (TPSA) is 26.3 Å². The van der Waals surface area contributed by atoms with Crippen LogP contribution in [0, 0.1) is 0 Å². The van der Waals surface area contributed by atoms with Gasteiger partial charge in [-0.15, -0.1) is 0 Å². The average Bonchev–Trinajstić information content (AvgIpc) is 2.43. The van der Waals surface area contributed by atoms with Gasteiger partial charge in [0.25, 0.3) is 0 Å². The van der Waals surface area contributed by atoms with Gasteiger partial charge in [-0.1, -0.05) is 27.7 Å². The Kier molecular flexibility index (Phi) is 5.69. The van der Waals surface area contributed by atoms with E-state index in [1.54, 1.807) is 18.7 Å². The molecule has 0 aliphatic carbocycles. The second kappa shape index (κ2) is 7.29. The molecule has 0 saturated heterocycles. The molecule has 0 radical (unpaired) electrons. The first-order chi connectivity index (χ1) is 9.60. The fourth-order valence-corrected chi connectivity index (χ4v) is 3.10. The number of hydrogen-bond acceptors (Lipinski definition) is 3. The lowest BCUT2D eigenvalue weighted by Gasteiger charge is -2.07. The number of carbonyl (C=O) groups is 1. The van der Waals surface area contributed by atoms with Gasteiger partial charge < -0.3 is 4.74 Å². The van der Waals surface area contributed by atoms with Crippen LogP contribution >= 0.6 is 43.6 Å². The van der Waals surface area contributed by atoms with Gasteiger partial charge in [0.05, 0.1) is 12.2 Å². The lowest BCUT2D eigenvalue weighted by molar-refractivity contribution is 0.0525. The molecule has 2 aromatic carbocycles. The highest BCUT2D eigenvalue weighted by Gasteiger charge is 2.12. The van der Waals surface area contributed by atoms with Gasteiger partial charge in [-0.05, 0) is 65.3 Å². The Hall–Kier alpha value is -0.780. The van der Waals surface area contributed by atoms with E-state index in [9.17, 15) is 4.79 Å². The summed E-state index contributed by atoms with van der Waals surface area (Å²) in [7, 11) is 0. The van der Waals surface area contributed by atoms with E-state index in [1.165, 1.54) is 0 Å². The third-order valence-corrected chi connectivity index (χ3v) is 4.70. The molecule has 0 aliphatic heterocycles. The zero-order valence-corrected chi connectivity index (χ0v) is 14.7. The normalized spacial score (nSPS) is 10.3. The van der Waals surface area contributed by atoms with Crippen LogP contribution in [0.5, 0.6) is 0 Å². The highest BCUT2D eigenvalue weighted by molar-refractivity contribution is 9.10. The fourth-order valence-electron chi connectivity index (χ4n) is 1.57. The maximum Gasteiger partial charge on any atom is 0.339 e. The monoisotopic (exact) mass is 414 g/mol. The van der Waals surface area contributed by atoms with Crippen molar-refractivity contribution in [3.8, 4) is 0 Å². The van der Waals surface area contributed by atoms with E-state index in [0.29, 0.717) is 12.2 Å². The van der Waals surface area contributed by atoms with Gasteiger partial charge in [0.15, 0.2) is 0 Å². The number of rotatable bonds is 4. The zero-order chi connectivity index (χ0) is 14.5. The molecular weight excluding hydrogens is 404 g/mol. The van der Waals surface area contributed by atoms with Crippen LogP contribution in [0.1, 0.15) is 17.3 Å². The Bertz CT molecular complexity index is 612. The second-order valence-electron chi connectivity index (χ2n) is 3.92. The average molecular weight is 416 g/mol.